The van der Waals surface area contributed by atoms with Gasteiger partial charge in [0.1, 0.15) is 0 Å². The van der Waals surface area contributed by atoms with Crippen molar-refractivity contribution in [3.63, 3.8) is 0 Å². The summed E-state index contributed by atoms with van der Waals surface area (Å²) in [6, 6.07) is 8.41. The van der Waals surface area contributed by atoms with Crippen LogP contribution in [0.1, 0.15) is 44.2 Å². The molecule has 0 bridgehead atoms. The molecule has 1 aromatic carbocycles. The number of ether oxygens (including phenoxy) is 1. The van der Waals surface area contributed by atoms with Crippen LogP contribution >= 0.6 is 24.8 Å². The number of carbonyl (C=O) groups is 1. The molecule has 7 heteroatoms. The van der Waals surface area contributed by atoms with E-state index in [1.54, 1.807) is 0 Å². The number of hydrogen-bond donors (Lipinski definition) is 2. The van der Waals surface area contributed by atoms with E-state index >= 15 is 0 Å². The third-order valence-electron chi connectivity index (χ3n) is 5.73. The number of nitrogens with one attached hydrogen (secondary N) is 1. The second kappa shape index (κ2) is 11.4. The van der Waals surface area contributed by atoms with Crippen molar-refractivity contribution in [1.82, 2.24) is 10.2 Å². The summed E-state index contributed by atoms with van der Waals surface area (Å²) in [5.41, 5.74) is 7.98. The average Bonchev–Trinajstić information content (AvgIpc) is 2.60. The van der Waals surface area contributed by atoms with Gasteiger partial charge in [0.25, 0.3) is 0 Å². The smallest absolute Gasteiger partial charge is 0.240 e. The first kappa shape index (κ1) is 25.2. The number of halogens is 2. The fourth-order valence-electron chi connectivity index (χ4n) is 4.36. The Morgan fingerprint density at radius 1 is 1.14 bits per heavy atom. The summed E-state index contributed by atoms with van der Waals surface area (Å²) < 4.78 is 5.33. The van der Waals surface area contributed by atoms with Gasteiger partial charge in [-0.05, 0) is 42.2 Å². The Morgan fingerprint density at radius 3 is 2.32 bits per heavy atom. The second-order valence-corrected chi connectivity index (χ2v) is 8.36. The standard InChI is InChI=1S/C21H33N3O2.2ClH/c1-16-11-17(2)14-24(13-16)15-19-6-4-3-5-18(19)12-23-20(25)21(22)7-9-26-10-8-21;;/h3-6,16-17H,7-15,22H2,1-2H3,(H,23,25);2*1H. The van der Waals surface area contributed by atoms with E-state index in [4.69, 9.17) is 10.5 Å². The number of carbonyl (C=O) groups excluding carboxylic acids is 1. The van der Waals surface area contributed by atoms with Crippen molar-refractivity contribution in [3.05, 3.63) is 35.4 Å². The zero-order valence-corrected chi connectivity index (χ0v) is 18.6. The van der Waals surface area contributed by atoms with Gasteiger partial charge >= 0.3 is 0 Å². The zero-order chi connectivity index (χ0) is 18.6. The van der Waals surface area contributed by atoms with E-state index in [9.17, 15) is 4.79 Å². The van der Waals surface area contributed by atoms with Crippen molar-refractivity contribution in [2.45, 2.75) is 51.7 Å². The summed E-state index contributed by atoms with van der Waals surface area (Å²) >= 11 is 0. The molecule has 2 atom stereocenters. The SMILES string of the molecule is CC1CC(C)CN(Cc2ccccc2CNC(=O)C2(N)CCOCC2)C1.Cl.Cl. The molecule has 2 fully saturated rings. The molecule has 160 valence electrons. The highest BCUT2D eigenvalue weighted by molar-refractivity contribution is 5.86. The largest absolute Gasteiger partial charge is 0.381 e. The molecule has 2 heterocycles. The van der Waals surface area contributed by atoms with Crippen molar-refractivity contribution < 1.29 is 9.53 Å². The summed E-state index contributed by atoms with van der Waals surface area (Å²) in [7, 11) is 0. The normalized spacial score (nSPS) is 24.5. The van der Waals surface area contributed by atoms with Gasteiger partial charge in [-0.3, -0.25) is 9.69 Å². The molecule has 0 aliphatic carbocycles. The van der Waals surface area contributed by atoms with Crippen LogP contribution in [0.4, 0.5) is 0 Å². The Kier molecular flexibility index (Phi) is 10.2. The number of nitrogens with two attached hydrogens (primary N) is 1. The van der Waals surface area contributed by atoms with Crippen molar-refractivity contribution in [2.24, 2.45) is 17.6 Å². The first-order valence-electron chi connectivity index (χ1n) is 9.90. The molecule has 0 saturated carbocycles. The van der Waals surface area contributed by atoms with Crippen LogP contribution in [0.15, 0.2) is 24.3 Å². The fraction of sp³-hybridized carbons (Fsp3) is 0.667. The Bertz CT molecular complexity index is 613. The summed E-state index contributed by atoms with van der Waals surface area (Å²) in [6.45, 7) is 9.58. The van der Waals surface area contributed by atoms with Crippen LogP contribution in [0.2, 0.25) is 0 Å². The Balaban J connectivity index is 0.00000196. The van der Waals surface area contributed by atoms with Crippen LogP contribution in [0.3, 0.4) is 0 Å². The molecule has 3 rings (SSSR count). The maximum atomic E-state index is 12.6. The highest BCUT2D eigenvalue weighted by Crippen LogP contribution is 2.24. The fourth-order valence-corrected chi connectivity index (χ4v) is 4.36. The molecule has 2 saturated heterocycles. The molecule has 1 amide bonds. The summed E-state index contributed by atoms with van der Waals surface area (Å²) in [6.07, 6.45) is 2.49. The van der Waals surface area contributed by atoms with Gasteiger partial charge in [0.2, 0.25) is 5.91 Å². The van der Waals surface area contributed by atoms with Gasteiger partial charge in [-0.1, -0.05) is 38.1 Å². The average molecular weight is 432 g/mol. The Hall–Kier alpha value is -0.850. The van der Waals surface area contributed by atoms with E-state index in [1.165, 1.54) is 17.5 Å². The minimum atomic E-state index is -0.787. The minimum absolute atomic E-state index is 0. The predicted molar refractivity (Wildman–Crippen MR) is 118 cm³/mol. The number of rotatable bonds is 5. The molecule has 1 aromatic rings. The molecule has 2 unspecified atom stereocenters. The van der Waals surface area contributed by atoms with E-state index < -0.39 is 5.54 Å². The number of piperidine rings is 1. The monoisotopic (exact) mass is 431 g/mol. The molecule has 28 heavy (non-hydrogen) atoms. The summed E-state index contributed by atoms with van der Waals surface area (Å²) in [4.78, 5) is 15.1. The van der Waals surface area contributed by atoms with Crippen LogP contribution in [0.5, 0.6) is 0 Å². The van der Waals surface area contributed by atoms with Gasteiger partial charge in [0.15, 0.2) is 0 Å². The lowest BCUT2D eigenvalue weighted by molar-refractivity contribution is -0.129. The topological polar surface area (TPSA) is 67.6 Å². The molecule has 0 spiro atoms. The Morgan fingerprint density at radius 2 is 1.71 bits per heavy atom. The molecule has 2 aliphatic rings. The van der Waals surface area contributed by atoms with Gasteiger partial charge in [0.05, 0.1) is 5.54 Å². The lowest BCUT2D eigenvalue weighted by Crippen LogP contribution is -2.56. The van der Waals surface area contributed by atoms with Crippen molar-refractivity contribution in [1.29, 1.82) is 0 Å². The van der Waals surface area contributed by atoms with Crippen LogP contribution < -0.4 is 11.1 Å². The van der Waals surface area contributed by atoms with E-state index in [1.807, 2.05) is 6.07 Å². The van der Waals surface area contributed by atoms with Crippen LogP contribution in [-0.4, -0.2) is 42.6 Å². The molecule has 0 radical (unpaired) electrons. The van der Waals surface area contributed by atoms with Crippen molar-refractivity contribution >= 4 is 30.7 Å². The number of benzene rings is 1. The lowest BCUT2D eigenvalue weighted by Gasteiger charge is -2.35. The second-order valence-electron chi connectivity index (χ2n) is 8.36. The van der Waals surface area contributed by atoms with Gasteiger partial charge < -0.3 is 15.8 Å². The molecule has 2 aliphatic heterocycles. The van der Waals surface area contributed by atoms with Gasteiger partial charge in [-0.2, -0.15) is 0 Å². The van der Waals surface area contributed by atoms with Gasteiger partial charge in [0, 0.05) is 39.4 Å². The predicted octanol–water partition coefficient (Wildman–Crippen LogP) is 3.13. The maximum absolute atomic E-state index is 12.6. The summed E-state index contributed by atoms with van der Waals surface area (Å²) in [5.74, 6) is 1.43. The van der Waals surface area contributed by atoms with E-state index in [2.05, 4.69) is 42.3 Å². The van der Waals surface area contributed by atoms with E-state index in [0.717, 1.165) is 31.5 Å². The number of likely N-dealkylation sites (tertiary alicyclic amines) is 1. The first-order valence-corrected chi connectivity index (χ1v) is 9.90. The minimum Gasteiger partial charge on any atom is -0.381 e. The van der Waals surface area contributed by atoms with Crippen molar-refractivity contribution in [3.8, 4) is 0 Å². The molecule has 3 N–H and O–H groups in total. The molecule has 5 nitrogen and oxygen atoms in total. The Labute approximate surface area is 181 Å². The molecule has 0 aromatic heterocycles. The quantitative estimate of drug-likeness (QED) is 0.750. The van der Waals surface area contributed by atoms with Gasteiger partial charge in [-0.25, -0.2) is 0 Å². The highest BCUT2D eigenvalue weighted by atomic mass is 35.5. The molecular weight excluding hydrogens is 397 g/mol. The van der Waals surface area contributed by atoms with Gasteiger partial charge in [-0.15, -0.1) is 24.8 Å². The van der Waals surface area contributed by atoms with E-state index in [0.29, 0.717) is 32.6 Å². The number of nitrogens with zero attached hydrogens (tertiary/aromatic N) is 1. The highest BCUT2D eigenvalue weighted by Gasteiger charge is 2.35. The zero-order valence-electron chi connectivity index (χ0n) is 17.0. The summed E-state index contributed by atoms with van der Waals surface area (Å²) in [5, 5.41) is 3.07. The van der Waals surface area contributed by atoms with Crippen LogP contribution in [0.25, 0.3) is 0 Å². The third-order valence-corrected chi connectivity index (χ3v) is 5.73. The van der Waals surface area contributed by atoms with Crippen LogP contribution in [-0.2, 0) is 22.6 Å². The first-order chi connectivity index (χ1) is 12.5. The third kappa shape index (κ3) is 6.60. The van der Waals surface area contributed by atoms with Crippen molar-refractivity contribution in [2.75, 3.05) is 26.3 Å². The number of hydrogen-bond acceptors (Lipinski definition) is 4. The molecular formula is C21H35Cl2N3O2. The lowest BCUT2D eigenvalue weighted by atomic mass is 9.90. The number of amides is 1. The van der Waals surface area contributed by atoms with E-state index in [-0.39, 0.29) is 30.7 Å². The maximum Gasteiger partial charge on any atom is 0.240 e. The van der Waals surface area contributed by atoms with Crippen LogP contribution in [0, 0.1) is 11.8 Å².